The summed E-state index contributed by atoms with van der Waals surface area (Å²) in [5.74, 6) is -0.0138. The van der Waals surface area contributed by atoms with Gasteiger partial charge in [0.05, 0.1) is 50.5 Å². The second-order valence-electron chi connectivity index (χ2n) is 9.39. The molecule has 0 bridgehead atoms. The van der Waals surface area contributed by atoms with Crippen LogP contribution in [0.2, 0.25) is 5.02 Å². The number of amides is 1. The van der Waals surface area contributed by atoms with E-state index in [4.69, 9.17) is 35.0 Å². The number of esters is 1. The van der Waals surface area contributed by atoms with Gasteiger partial charge in [0.15, 0.2) is 16.9 Å². The summed E-state index contributed by atoms with van der Waals surface area (Å²) in [5, 5.41) is 0.602. The van der Waals surface area contributed by atoms with Crippen LogP contribution in [0.15, 0.2) is 63.8 Å². The number of fused-ring (bicyclic) bond motifs is 2. The summed E-state index contributed by atoms with van der Waals surface area (Å²) in [6.07, 6.45) is 1.67. The minimum absolute atomic E-state index is 0.0911. The molecule has 2 heterocycles. The van der Waals surface area contributed by atoms with Crippen molar-refractivity contribution in [2.45, 2.75) is 25.8 Å². The molecule has 1 unspecified atom stereocenters. The summed E-state index contributed by atoms with van der Waals surface area (Å²) in [4.78, 5) is 41.8. The van der Waals surface area contributed by atoms with Gasteiger partial charge in [-0.15, -0.1) is 0 Å². The van der Waals surface area contributed by atoms with E-state index in [0.717, 1.165) is 12.8 Å². The zero-order chi connectivity index (χ0) is 29.3. The number of ether oxygens (including phenoxy) is 4. The first-order chi connectivity index (χ1) is 19.8. The molecule has 10 heteroatoms. The molecule has 0 saturated carbocycles. The Kier molecular flexibility index (Phi) is 7.90. The largest absolute Gasteiger partial charge is 0.493 e. The maximum Gasteiger partial charge on any atom is 0.338 e. The van der Waals surface area contributed by atoms with E-state index in [9.17, 15) is 14.4 Å². The van der Waals surface area contributed by atoms with Gasteiger partial charge in [0.1, 0.15) is 5.58 Å². The van der Waals surface area contributed by atoms with E-state index in [2.05, 4.69) is 0 Å². The lowest BCUT2D eigenvalue weighted by molar-refractivity contribution is 0.0499. The van der Waals surface area contributed by atoms with Crippen molar-refractivity contribution >= 4 is 40.1 Å². The quantitative estimate of drug-likeness (QED) is 0.172. The van der Waals surface area contributed by atoms with E-state index in [1.54, 1.807) is 48.5 Å². The van der Waals surface area contributed by atoms with Crippen molar-refractivity contribution < 1.29 is 33.0 Å². The predicted molar refractivity (Wildman–Crippen MR) is 154 cm³/mol. The number of methoxy groups -OCH3 is 3. The van der Waals surface area contributed by atoms with Crippen molar-refractivity contribution in [3.8, 4) is 17.2 Å². The number of unbranched alkanes of at least 4 members (excludes halogenated alkanes) is 1. The summed E-state index contributed by atoms with van der Waals surface area (Å²) in [7, 11) is 4.45. The number of carbonyl (C=O) groups is 2. The normalized spacial score (nSPS) is 14.2. The molecular formula is C31H28ClNO8. The number of hydrogen-bond donors (Lipinski definition) is 0. The van der Waals surface area contributed by atoms with Crippen LogP contribution in [0, 0.1) is 0 Å². The van der Waals surface area contributed by atoms with E-state index in [0.29, 0.717) is 45.7 Å². The van der Waals surface area contributed by atoms with Crippen LogP contribution >= 0.6 is 11.6 Å². The van der Waals surface area contributed by atoms with Crippen LogP contribution < -0.4 is 24.5 Å². The SMILES string of the molecule is CCCCOC(=O)c1ccc(N2C(=O)c3oc4ccc(Cl)cc4c(=O)c3C2c2cc(OC)c(OC)c(OC)c2)cc1. The lowest BCUT2D eigenvalue weighted by Crippen LogP contribution is -2.29. The van der Waals surface area contributed by atoms with E-state index >= 15 is 0 Å². The molecule has 1 aromatic heterocycles. The van der Waals surface area contributed by atoms with Crippen molar-refractivity contribution in [2.75, 3.05) is 32.8 Å². The number of rotatable bonds is 9. The van der Waals surface area contributed by atoms with Gasteiger partial charge in [0.25, 0.3) is 5.91 Å². The Morgan fingerprint density at radius 3 is 2.24 bits per heavy atom. The summed E-state index contributed by atoms with van der Waals surface area (Å²) in [6, 6.07) is 13.5. The fourth-order valence-electron chi connectivity index (χ4n) is 4.94. The molecule has 5 rings (SSSR count). The van der Waals surface area contributed by atoms with Gasteiger partial charge in [-0.2, -0.15) is 0 Å². The van der Waals surface area contributed by atoms with Crippen molar-refractivity contribution in [3.63, 3.8) is 0 Å². The highest BCUT2D eigenvalue weighted by molar-refractivity contribution is 6.31. The molecule has 3 aromatic carbocycles. The average Bonchev–Trinajstić information content (AvgIpc) is 3.28. The monoisotopic (exact) mass is 577 g/mol. The minimum atomic E-state index is -0.923. The second kappa shape index (κ2) is 11.5. The average molecular weight is 578 g/mol. The van der Waals surface area contributed by atoms with Crippen LogP contribution in [-0.2, 0) is 4.74 Å². The highest BCUT2D eigenvalue weighted by Crippen LogP contribution is 2.46. The number of anilines is 1. The molecule has 0 spiro atoms. The highest BCUT2D eigenvalue weighted by atomic mass is 35.5. The number of halogens is 1. The lowest BCUT2D eigenvalue weighted by Gasteiger charge is -2.26. The molecule has 1 amide bonds. The topological polar surface area (TPSA) is 105 Å². The van der Waals surface area contributed by atoms with Crippen LogP contribution in [0.3, 0.4) is 0 Å². The zero-order valence-corrected chi connectivity index (χ0v) is 23.7. The van der Waals surface area contributed by atoms with Gasteiger partial charge >= 0.3 is 5.97 Å². The fraction of sp³-hybridized carbons (Fsp3) is 0.258. The first-order valence-corrected chi connectivity index (χ1v) is 13.4. The third-order valence-corrected chi connectivity index (χ3v) is 7.18. The predicted octanol–water partition coefficient (Wildman–Crippen LogP) is 6.18. The first-order valence-electron chi connectivity index (χ1n) is 13.0. The zero-order valence-electron chi connectivity index (χ0n) is 23.0. The molecule has 0 saturated heterocycles. The Bertz CT molecular complexity index is 1670. The molecular weight excluding hydrogens is 550 g/mol. The number of nitrogens with zero attached hydrogens (tertiary/aromatic N) is 1. The van der Waals surface area contributed by atoms with Crippen molar-refractivity contribution in [2.24, 2.45) is 0 Å². The van der Waals surface area contributed by atoms with Crippen LogP contribution in [0.5, 0.6) is 17.2 Å². The van der Waals surface area contributed by atoms with Crippen molar-refractivity contribution in [1.82, 2.24) is 0 Å². The molecule has 0 fully saturated rings. The van der Waals surface area contributed by atoms with Crippen LogP contribution in [0.25, 0.3) is 11.0 Å². The molecule has 4 aromatic rings. The fourth-order valence-corrected chi connectivity index (χ4v) is 5.11. The summed E-state index contributed by atoms with van der Waals surface area (Å²) >= 11 is 6.20. The molecule has 0 N–H and O–H groups in total. The molecule has 0 radical (unpaired) electrons. The molecule has 9 nitrogen and oxygen atoms in total. The van der Waals surface area contributed by atoms with Crippen LogP contribution in [0.1, 0.15) is 57.8 Å². The molecule has 41 heavy (non-hydrogen) atoms. The Hall–Kier alpha value is -4.50. The maximum atomic E-state index is 14.0. The van der Waals surface area contributed by atoms with E-state index in [1.165, 1.54) is 32.3 Å². The van der Waals surface area contributed by atoms with E-state index in [-0.39, 0.29) is 22.3 Å². The maximum absolute atomic E-state index is 14.0. The van der Waals surface area contributed by atoms with Gasteiger partial charge in [0.2, 0.25) is 11.5 Å². The van der Waals surface area contributed by atoms with Crippen LogP contribution in [-0.4, -0.2) is 39.8 Å². The molecule has 1 aliphatic rings. The van der Waals surface area contributed by atoms with Gasteiger partial charge in [-0.05, 0) is 66.6 Å². The summed E-state index contributed by atoms with van der Waals surface area (Å²) < 4.78 is 27.9. The standard InChI is InChI=1S/C31H28ClNO8/c1-5-6-13-40-31(36)17-7-10-20(11-8-17)33-26(18-14-23(37-2)28(39-4)24(15-18)38-3)25-27(34)21-16-19(32)9-12-22(21)41-29(25)30(33)35/h7-12,14-16,26H,5-6,13H2,1-4H3. The minimum Gasteiger partial charge on any atom is -0.493 e. The van der Waals surface area contributed by atoms with Gasteiger partial charge in [-0.1, -0.05) is 24.9 Å². The highest BCUT2D eigenvalue weighted by Gasteiger charge is 2.44. The summed E-state index contributed by atoms with van der Waals surface area (Å²) in [5.41, 5.74) is 1.28. The van der Waals surface area contributed by atoms with E-state index < -0.39 is 23.3 Å². The number of hydrogen-bond acceptors (Lipinski definition) is 8. The van der Waals surface area contributed by atoms with Crippen molar-refractivity contribution in [3.05, 3.63) is 92.3 Å². The third-order valence-electron chi connectivity index (χ3n) is 6.95. The molecule has 1 aliphatic heterocycles. The summed E-state index contributed by atoms with van der Waals surface area (Å²) in [6.45, 7) is 2.33. The van der Waals surface area contributed by atoms with Gasteiger partial charge in [0, 0.05) is 10.7 Å². The number of carbonyl (C=O) groups excluding carboxylic acids is 2. The Balaban J connectivity index is 1.69. The Morgan fingerprint density at radius 2 is 1.63 bits per heavy atom. The van der Waals surface area contributed by atoms with Gasteiger partial charge in [-0.3, -0.25) is 14.5 Å². The van der Waals surface area contributed by atoms with Crippen molar-refractivity contribution in [1.29, 1.82) is 0 Å². The Labute approximate surface area is 241 Å². The molecule has 0 aliphatic carbocycles. The Morgan fingerprint density at radius 1 is 0.951 bits per heavy atom. The van der Waals surface area contributed by atoms with Gasteiger partial charge < -0.3 is 23.4 Å². The van der Waals surface area contributed by atoms with Gasteiger partial charge in [-0.25, -0.2) is 4.79 Å². The lowest BCUT2D eigenvalue weighted by atomic mass is 9.97. The smallest absolute Gasteiger partial charge is 0.338 e. The number of benzene rings is 3. The van der Waals surface area contributed by atoms with Crippen LogP contribution in [0.4, 0.5) is 5.69 Å². The third kappa shape index (κ3) is 4.97. The second-order valence-corrected chi connectivity index (χ2v) is 9.82. The first kappa shape index (κ1) is 28.0. The molecule has 212 valence electrons. The van der Waals surface area contributed by atoms with E-state index in [1.807, 2.05) is 6.92 Å². The molecule has 1 atom stereocenters.